The predicted molar refractivity (Wildman–Crippen MR) is 141 cm³/mol. The van der Waals surface area contributed by atoms with Crippen molar-refractivity contribution in [2.75, 3.05) is 6.54 Å². The maximum atomic E-state index is 14.2. The highest BCUT2D eigenvalue weighted by Crippen LogP contribution is 2.31. The first-order chi connectivity index (χ1) is 17.2. The minimum absolute atomic E-state index is 0.0485. The van der Waals surface area contributed by atoms with Crippen molar-refractivity contribution >= 4 is 17.6 Å². The van der Waals surface area contributed by atoms with E-state index in [-0.39, 0.29) is 24.7 Å². The van der Waals surface area contributed by atoms with Gasteiger partial charge < -0.3 is 27.6 Å². The molecule has 8 N–H and O–H groups in total. The van der Waals surface area contributed by atoms with Crippen LogP contribution in [0.5, 0.6) is 5.75 Å². The molecule has 3 rings (SSSR count). The van der Waals surface area contributed by atoms with Crippen molar-refractivity contribution in [1.29, 1.82) is 0 Å². The van der Waals surface area contributed by atoms with Gasteiger partial charge in [0.15, 0.2) is 17.3 Å². The highest BCUT2D eigenvalue weighted by Gasteiger charge is 2.45. The van der Waals surface area contributed by atoms with Crippen molar-refractivity contribution in [2.45, 2.75) is 37.3 Å². The zero-order valence-electron chi connectivity index (χ0n) is 20.3. The number of phenols is 1. The average Bonchev–Trinajstić information content (AvgIpc) is 2.88. The molecule has 0 radical (unpaired) electrons. The number of nitrogens with zero attached hydrogens (tertiary/aromatic N) is 1. The molecule has 0 heterocycles. The van der Waals surface area contributed by atoms with Crippen LogP contribution >= 0.6 is 0 Å². The van der Waals surface area contributed by atoms with Crippen LogP contribution in [0.25, 0.3) is 0 Å². The van der Waals surface area contributed by atoms with E-state index in [0.29, 0.717) is 6.42 Å². The molecule has 0 aromatic heterocycles. The lowest BCUT2D eigenvalue weighted by Gasteiger charge is -2.32. The van der Waals surface area contributed by atoms with E-state index in [9.17, 15) is 14.7 Å². The van der Waals surface area contributed by atoms with Crippen LogP contribution in [0.15, 0.2) is 89.9 Å². The lowest BCUT2D eigenvalue weighted by molar-refractivity contribution is -0.137. The topological polar surface area (TPSA) is 157 Å². The minimum Gasteiger partial charge on any atom is -0.508 e. The number of rotatable bonds is 11. The van der Waals surface area contributed by atoms with Crippen molar-refractivity contribution in [2.24, 2.45) is 22.2 Å². The van der Waals surface area contributed by atoms with E-state index in [1.165, 1.54) is 12.1 Å². The molecule has 0 spiro atoms. The number of aliphatic imine (C=N–C) groups is 1. The molecule has 8 nitrogen and oxygen atoms in total. The van der Waals surface area contributed by atoms with E-state index >= 15 is 0 Å². The molecule has 3 aromatic carbocycles. The van der Waals surface area contributed by atoms with E-state index in [2.05, 4.69) is 10.3 Å². The first-order valence-electron chi connectivity index (χ1n) is 11.8. The van der Waals surface area contributed by atoms with Gasteiger partial charge in [-0.05, 0) is 48.6 Å². The van der Waals surface area contributed by atoms with E-state index in [1.807, 2.05) is 60.7 Å². The fraction of sp³-hybridized carbons (Fsp3) is 0.250. The van der Waals surface area contributed by atoms with Gasteiger partial charge in [0.25, 0.3) is 0 Å². The number of nitrogens with two attached hydrogens (primary N) is 3. The predicted octanol–water partition coefficient (Wildman–Crippen LogP) is 2.72. The molecule has 1 amide bonds. The summed E-state index contributed by atoms with van der Waals surface area (Å²) >= 11 is 0. The molecule has 0 saturated carbocycles. The molecule has 36 heavy (non-hydrogen) atoms. The molecule has 0 aliphatic rings. The largest absolute Gasteiger partial charge is 0.508 e. The Morgan fingerprint density at radius 1 is 0.889 bits per heavy atom. The van der Waals surface area contributed by atoms with Crippen molar-refractivity contribution < 1.29 is 14.7 Å². The van der Waals surface area contributed by atoms with Crippen molar-refractivity contribution in [3.05, 3.63) is 102 Å². The Hall–Kier alpha value is -4.17. The Labute approximate surface area is 211 Å². The number of nitrogens with one attached hydrogen (secondary N) is 1. The lowest BCUT2D eigenvalue weighted by atomic mass is 9.76. The molecule has 0 aliphatic carbocycles. The number of Topliss-reactive ketones (excluding diaryl/α,β-unsaturated/α-hetero) is 1. The van der Waals surface area contributed by atoms with Gasteiger partial charge in [-0.25, -0.2) is 0 Å². The number of carbonyl (C=O) groups is 2. The van der Waals surface area contributed by atoms with Gasteiger partial charge in [0.2, 0.25) is 5.91 Å². The van der Waals surface area contributed by atoms with Gasteiger partial charge >= 0.3 is 0 Å². The summed E-state index contributed by atoms with van der Waals surface area (Å²) in [6.45, 7) is 2.02. The quantitative estimate of drug-likeness (QED) is 0.121. The summed E-state index contributed by atoms with van der Waals surface area (Å²) in [5, 5.41) is 12.5. The van der Waals surface area contributed by atoms with Gasteiger partial charge in [0.05, 0.1) is 12.0 Å². The number of hydrogen-bond donors (Lipinski definition) is 5. The summed E-state index contributed by atoms with van der Waals surface area (Å²) < 4.78 is 0. The summed E-state index contributed by atoms with van der Waals surface area (Å²) in [6.07, 6.45) is 0.379. The van der Waals surface area contributed by atoms with Crippen LogP contribution in [-0.4, -0.2) is 34.8 Å². The monoisotopic (exact) mass is 487 g/mol. The van der Waals surface area contributed by atoms with Gasteiger partial charge in [-0.2, -0.15) is 0 Å². The van der Waals surface area contributed by atoms with Gasteiger partial charge in [0.1, 0.15) is 5.75 Å². The van der Waals surface area contributed by atoms with Gasteiger partial charge in [-0.15, -0.1) is 0 Å². The molecule has 0 bridgehead atoms. The summed E-state index contributed by atoms with van der Waals surface area (Å²) in [6, 6.07) is 24.6. The Morgan fingerprint density at radius 3 is 1.92 bits per heavy atom. The first kappa shape index (κ1) is 26.4. The number of hydrogen-bond acceptors (Lipinski definition) is 5. The van der Waals surface area contributed by atoms with E-state index in [1.54, 1.807) is 19.1 Å². The smallest absolute Gasteiger partial charge is 0.248 e. The van der Waals surface area contributed by atoms with Crippen molar-refractivity contribution in [3.63, 3.8) is 0 Å². The molecule has 188 valence electrons. The number of amides is 1. The maximum Gasteiger partial charge on any atom is 0.248 e. The van der Waals surface area contributed by atoms with Gasteiger partial charge in [0, 0.05) is 6.54 Å². The first-order valence-corrected chi connectivity index (χ1v) is 11.8. The van der Waals surface area contributed by atoms with Crippen LogP contribution in [0.1, 0.15) is 48.4 Å². The Morgan fingerprint density at radius 2 is 1.42 bits per heavy atom. The third-order valence-electron chi connectivity index (χ3n) is 6.14. The Balaban J connectivity index is 1.97. The SMILES string of the molecule is CC(NC(=O)[C@@](N)(CCCN=C(N)N)C(=O)C(c1ccccc1)c1ccccc1)c1ccc(O)cc1. The normalized spacial score (nSPS) is 13.4. The highest BCUT2D eigenvalue weighted by molar-refractivity contribution is 6.14. The van der Waals surface area contributed by atoms with Crippen LogP contribution in [-0.2, 0) is 9.59 Å². The third kappa shape index (κ3) is 6.49. The van der Waals surface area contributed by atoms with E-state index in [0.717, 1.165) is 16.7 Å². The lowest BCUT2D eigenvalue weighted by Crippen LogP contribution is -2.61. The number of phenolic OH excluding ortho intramolecular Hbond substituents is 1. The number of carbonyl (C=O) groups excluding carboxylic acids is 2. The van der Waals surface area contributed by atoms with E-state index in [4.69, 9.17) is 17.2 Å². The molecule has 2 atom stereocenters. The molecular weight excluding hydrogens is 454 g/mol. The number of ketones is 1. The summed E-state index contributed by atoms with van der Waals surface area (Å²) in [5.41, 5.74) is 18.0. The summed E-state index contributed by atoms with van der Waals surface area (Å²) in [7, 11) is 0. The molecule has 8 heteroatoms. The van der Waals surface area contributed by atoms with Crippen LogP contribution < -0.4 is 22.5 Å². The Kier molecular flexibility index (Phi) is 8.81. The van der Waals surface area contributed by atoms with Crippen LogP contribution in [0.4, 0.5) is 0 Å². The van der Waals surface area contributed by atoms with Crippen LogP contribution in [0.3, 0.4) is 0 Å². The van der Waals surface area contributed by atoms with Gasteiger partial charge in [-0.1, -0.05) is 72.8 Å². The zero-order chi connectivity index (χ0) is 26.1. The number of aromatic hydroxyl groups is 1. The molecule has 0 aliphatic heterocycles. The minimum atomic E-state index is -1.85. The number of guanidine groups is 1. The zero-order valence-corrected chi connectivity index (χ0v) is 20.3. The fourth-order valence-corrected chi connectivity index (χ4v) is 4.13. The number of benzene rings is 3. The highest BCUT2D eigenvalue weighted by atomic mass is 16.3. The molecular formula is C28H33N5O3. The fourth-order valence-electron chi connectivity index (χ4n) is 4.13. The second-order valence-electron chi connectivity index (χ2n) is 8.79. The average molecular weight is 488 g/mol. The summed E-state index contributed by atoms with van der Waals surface area (Å²) in [4.78, 5) is 31.8. The van der Waals surface area contributed by atoms with E-state index < -0.39 is 29.2 Å². The van der Waals surface area contributed by atoms with Crippen molar-refractivity contribution in [1.82, 2.24) is 5.32 Å². The van der Waals surface area contributed by atoms with Gasteiger partial charge in [-0.3, -0.25) is 14.6 Å². The maximum absolute atomic E-state index is 14.2. The molecule has 3 aromatic rings. The Bertz CT molecular complexity index is 1140. The second kappa shape index (κ2) is 12.0. The molecule has 0 fully saturated rings. The third-order valence-corrected chi connectivity index (χ3v) is 6.14. The summed E-state index contributed by atoms with van der Waals surface area (Å²) in [5.74, 6) is -1.69. The molecule has 1 unspecified atom stereocenters. The van der Waals surface area contributed by atoms with Crippen LogP contribution in [0, 0.1) is 0 Å². The van der Waals surface area contributed by atoms with Crippen LogP contribution in [0.2, 0.25) is 0 Å². The standard InChI is InChI=1S/C28H33N5O3/c1-19(20-13-15-23(34)16-14-20)33-26(36)28(31,17-8-18-32-27(29)30)25(35)24(21-9-4-2-5-10-21)22-11-6-3-7-12-22/h2-7,9-16,19,24,34H,8,17-18,31H2,1H3,(H,33,36)(H4,29,30,32)/t19?,28-/m1/s1. The second-order valence-corrected chi connectivity index (χ2v) is 8.79. The van der Waals surface area contributed by atoms with Crippen molar-refractivity contribution in [3.8, 4) is 5.75 Å². The molecule has 0 saturated heterocycles.